The first-order chi connectivity index (χ1) is 10.00. The number of fused-ring (bicyclic) bond motifs is 1. The predicted octanol–water partition coefficient (Wildman–Crippen LogP) is 3.12. The summed E-state index contributed by atoms with van der Waals surface area (Å²) in [4.78, 5) is 12.4. The van der Waals surface area contributed by atoms with Gasteiger partial charge in [0.25, 0.3) is 0 Å². The maximum absolute atomic E-state index is 12.4. The molecule has 116 valence electrons. The average molecular weight is 288 g/mol. The van der Waals surface area contributed by atoms with Crippen molar-refractivity contribution in [1.82, 2.24) is 5.32 Å². The van der Waals surface area contributed by atoms with Crippen molar-refractivity contribution in [1.29, 1.82) is 0 Å². The van der Waals surface area contributed by atoms with Crippen LogP contribution in [0.15, 0.2) is 18.2 Å². The molecule has 1 aromatic carbocycles. The van der Waals surface area contributed by atoms with Gasteiger partial charge in [-0.25, -0.2) is 0 Å². The van der Waals surface area contributed by atoms with E-state index in [4.69, 9.17) is 5.73 Å². The highest BCUT2D eigenvalue weighted by molar-refractivity contribution is 5.82. The number of aryl methyl sites for hydroxylation is 2. The van der Waals surface area contributed by atoms with Gasteiger partial charge in [-0.2, -0.15) is 0 Å². The second kappa shape index (κ2) is 6.61. The van der Waals surface area contributed by atoms with Crippen LogP contribution < -0.4 is 11.1 Å². The summed E-state index contributed by atoms with van der Waals surface area (Å²) in [5.41, 5.74) is 9.42. The Kier molecular flexibility index (Phi) is 5.04. The lowest BCUT2D eigenvalue weighted by Gasteiger charge is -2.28. The molecule has 1 aromatic rings. The van der Waals surface area contributed by atoms with Crippen molar-refractivity contribution in [3.05, 3.63) is 34.9 Å². The number of nitrogens with two attached hydrogens (primary N) is 1. The predicted molar refractivity (Wildman–Crippen MR) is 87.1 cm³/mol. The van der Waals surface area contributed by atoms with Crippen LogP contribution in [-0.4, -0.2) is 12.5 Å². The molecule has 3 N–H and O–H groups in total. The Hall–Kier alpha value is -1.35. The molecule has 2 unspecified atom stereocenters. The molecule has 3 heteroatoms. The molecule has 0 spiro atoms. The number of carbonyl (C=O) groups is 1. The Morgan fingerprint density at radius 2 is 2.00 bits per heavy atom. The fourth-order valence-electron chi connectivity index (χ4n) is 2.87. The summed E-state index contributed by atoms with van der Waals surface area (Å²) in [6.45, 7) is 6.37. The number of hydrogen-bond acceptors (Lipinski definition) is 2. The molecule has 1 amide bonds. The molecule has 0 bridgehead atoms. The molecule has 1 aliphatic rings. The van der Waals surface area contributed by atoms with E-state index >= 15 is 0 Å². The van der Waals surface area contributed by atoms with Crippen LogP contribution in [0.2, 0.25) is 0 Å². The van der Waals surface area contributed by atoms with Gasteiger partial charge in [0.15, 0.2) is 0 Å². The highest BCUT2D eigenvalue weighted by Crippen LogP contribution is 2.26. The Labute approximate surface area is 128 Å². The van der Waals surface area contributed by atoms with Crippen LogP contribution in [0.5, 0.6) is 0 Å². The molecule has 0 saturated heterocycles. The summed E-state index contributed by atoms with van der Waals surface area (Å²) in [6, 6.07) is 6.68. The van der Waals surface area contributed by atoms with Gasteiger partial charge in [0.05, 0.1) is 11.5 Å². The lowest BCUT2D eigenvalue weighted by molar-refractivity contribution is -0.130. The van der Waals surface area contributed by atoms with E-state index in [1.54, 1.807) is 0 Å². The van der Waals surface area contributed by atoms with Gasteiger partial charge in [-0.3, -0.25) is 4.79 Å². The number of amides is 1. The molecular weight excluding hydrogens is 260 g/mol. The van der Waals surface area contributed by atoms with Crippen molar-refractivity contribution >= 4 is 5.91 Å². The maximum Gasteiger partial charge on any atom is 0.227 e. The normalized spacial score (nSPS) is 18.5. The largest absolute Gasteiger partial charge is 0.349 e. The monoisotopic (exact) mass is 288 g/mol. The molecular formula is C18H28N2O. The van der Waals surface area contributed by atoms with Crippen LogP contribution in [-0.2, 0) is 17.6 Å². The van der Waals surface area contributed by atoms with Crippen molar-refractivity contribution in [3.63, 3.8) is 0 Å². The standard InChI is InChI=1S/C18H28N2O/c1-4-18(3,12-19)17(21)20-13(2)15-10-9-14-7-5-6-8-16(14)11-15/h9-11,13H,4-8,12,19H2,1-3H3,(H,20,21). The van der Waals surface area contributed by atoms with Crippen molar-refractivity contribution in [2.24, 2.45) is 11.1 Å². The van der Waals surface area contributed by atoms with Gasteiger partial charge in [-0.1, -0.05) is 25.1 Å². The molecule has 0 fully saturated rings. The topological polar surface area (TPSA) is 55.1 Å². The molecule has 0 radical (unpaired) electrons. The number of rotatable bonds is 5. The van der Waals surface area contributed by atoms with E-state index in [9.17, 15) is 4.79 Å². The number of nitrogens with one attached hydrogen (secondary N) is 1. The van der Waals surface area contributed by atoms with Crippen molar-refractivity contribution in [3.8, 4) is 0 Å². The van der Waals surface area contributed by atoms with Gasteiger partial charge in [-0.15, -0.1) is 0 Å². The number of benzene rings is 1. The highest BCUT2D eigenvalue weighted by atomic mass is 16.2. The lowest BCUT2D eigenvalue weighted by Crippen LogP contribution is -2.44. The zero-order valence-electron chi connectivity index (χ0n) is 13.5. The first-order valence-corrected chi connectivity index (χ1v) is 8.13. The van der Waals surface area contributed by atoms with Crippen LogP contribution in [0, 0.1) is 5.41 Å². The molecule has 21 heavy (non-hydrogen) atoms. The summed E-state index contributed by atoms with van der Waals surface area (Å²) in [5.74, 6) is 0.0534. The summed E-state index contributed by atoms with van der Waals surface area (Å²) in [5, 5.41) is 3.13. The number of hydrogen-bond donors (Lipinski definition) is 2. The first kappa shape index (κ1) is 16.0. The Bertz CT molecular complexity index is 506. The van der Waals surface area contributed by atoms with Crippen molar-refractivity contribution < 1.29 is 4.79 Å². The molecule has 2 rings (SSSR count). The van der Waals surface area contributed by atoms with Gasteiger partial charge in [0, 0.05) is 6.54 Å². The third-order valence-electron chi connectivity index (χ3n) is 5.00. The lowest BCUT2D eigenvalue weighted by atomic mass is 9.86. The van der Waals surface area contributed by atoms with E-state index in [0.29, 0.717) is 6.54 Å². The second-order valence-electron chi connectivity index (χ2n) is 6.55. The fourth-order valence-corrected chi connectivity index (χ4v) is 2.87. The van der Waals surface area contributed by atoms with E-state index in [1.807, 2.05) is 13.8 Å². The van der Waals surface area contributed by atoms with Crippen molar-refractivity contribution in [2.75, 3.05) is 6.54 Å². The SMILES string of the molecule is CCC(C)(CN)C(=O)NC(C)c1ccc2c(c1)CCCC2. The maximum atomic E-state index is 12.4. The van der Waals surface area contributed by atoms with E-state index in [1.165, 1.54) is 42.4 Å². The summed E-state index contributed by atoms with van der Waals surface area (Å²) in [6.07, 6.45) is 5.69. The van der Waals surface area contributed by atoms with Crippen LogP contribution >= 0.6 is 0 Å². The van der Waals surface area contributed by atoms with Gasteiger partial charge in [0.1, 0.15) is 0 Å². The van der Waals surface area contributed by atoms with Crippen molar-refractivity contribution in [2.45, 2.75) is 58.9 Å². The van der Waals surface area contributed by atoms with Crippen LogP contribution in [0.25, 0.3) is 0 Å². The molecule has 0 aliphatic heterocycles. The molecule has 1 aliphatic carbocycles. The number of carbonyl (C=O) groups excluding carboxylic acids is 1. The van der Waals surface area contributed by atoms with E-state index in [-0.39, 0.29) is 11.9 Å². The fraction of sp³-hybridized carbons (Fsp3) is 0.611. The summed E-state index contributed by atoms with van der Waals surface area (Å²) >= 11 is 0. The average Bonchev–Trinajstić information content (AvgIpc) is 2.53. The highest BCUT2D eigenvalue weighted by Gasteiger charge is 2.30. The smallest absolute Gasteiger partial charge is 0.227 e. The molecule has 0 aromatic heterocycles. The molecule has 2 atom stereocenters. The van der Waals surface area contributed by atoms with Crippen LogP contribution in [0.3, 0.4) is 0 Å². The van der Waals surface area contributed by atoms with Crippen LogP contribution in [0.1, 0.15) is 62.8 Å². The summed E-state index contributed by atoms with van der Waals surface area (Å²) < 4.78 is 0. The third-order valence-corrected chi connectivity index (χ3v) is 5.00. The minimum atomic E-state index is -0.470. The zero-order chi connectivity index (χ0) is 15.5. The summed E-state index contributed by atoms with van der Waals surface area (Å²) in [7, 11) is 0. The van der Waals surface area contributed by atoms with E-state index < -0.39 is 5.41 Å². The third kappa shape index (κ3) is 3.46. The minimum absolute atomic E-state index is 0.0298. The van der Waals surface area contributed by atoms with E-state index in [2.05, 4.69) is 30.4 Å². The zero-order valence-corrected chi connectivity index (χ0v) is 13.5. The molecule has 0 saturated carbocycles. The quantitative estimate of drug-likeness (QED) is 0.874. The first-order valence-electron chi connectivity index (χ1n) is 8.13. The van der Waals surface area contributed by atoms with Gasteiger partial charge < -0.3 is 11.1 Å². The molecule has 0 heterocycles. The molecule has 3 nitrogen and oxygen atoms in total. The van der Waals surface area contributed by atoms with Gasteiger partial charge in [0.2, 0.25) is 5.91 Å². The Balaban J connectivity index is 2.10. The second-order valence-corrected chi connectivity index (χ2v) is 6.55. The Morgan fingerprint density at radius 1 is 1.33 bits per heavy atom. The van der Waals surface area contributed by atoms with Crippen LogP contribution in [0.4, 0.5) is 0 Å². The Morgan fingerprint density at radius 3 is 2.62 bits per heavy atom. The van der Waals surface area contributed by atoms with E-state index in [0.717, 1.165) is 6.42 Å². The van der Waals surface area contributed by atoms with Gasteiger partial charge >= 0.3 is 0 Å². The van der Waals surface area contributed by atoms with Gasteiger partial charge in [-0.05, 0) is 62.6 Å². The minimum Gasteiger partial charge on any atom is -0.349 e.